The number of benzene rings is 1. The molecule has 0 radical (unpaired) electrons. The van der Waals surface area contributed by atoms with Gasteiger partial charge < -0.3 is 15.9 Å². The number of nitrogens with zero attached hydrogens (tertiary/aromatic N) is 1. The fourth-order valence-electron chi connectivity index (χ4n) is 1.69. The summed E-state index contributed by atoms with van der Waals surface area (Å²) in [5, 5.41) is 26.9. The maximum absolute atomic E-state index is 10.7. The Morgan fingerprint density at radius 3 is 2.94 bits per heavy atom. The average molecular weight is 235 g/mol. The number of fused-ring (bicyclic) bond motifs is 1. The van der Waals surface area contributed by atoms with E-state index in [0.29, 0.717) is 5.56 Å². The molecule has 2 aromatic rings. The number of primary amides is 1. The molecule has 0 aliphatic heterocycles. The fraction of sp³-hybridized carbons (Fsp3) is 0.273. The van der Waals surface area contributed by atoms with Gasteiger partial charge in [-0.25, -0.2) is 0 Å². The number of hydrogen-bond donors (Lipinski definition) is 4. The van der Waals surface area contributed by atoms with Crippen molar-refractivity contribution in [2.45, 2.75) is 18.6 Å². The number of nitrogens with two attached hydrogens (primary N) is 1. The van der Waals surface area contributed by atoms with Gasteiger partial charge in [-0.1, -0.05) is 6.07 Å². The number of aromatic amines is 1. The highest BCUT2D eigenvalue weighted by atomic mass is 16.3. The fourth-order valence-corrected chi connectivity index (χ4v) is 1.69. The van der Waals surface area contributed by atoms with Crippen LogP contribution in [-0.4, -0.2) is 32.4 Å². The van der Waals surface area contributed by atoms with Gasteiger partial charge in [0.05, 0.1) is 24.2 Å². The predicted octanol–water partition coefficient (Wildman–Crippen LogP) is -0.167. The minimum absolute atomic E-state index is 0.273. The molecule has 17 heavy (non-hydrogen) atoms. The Bertz CT molecular complexity index is 537. The second-order valence-electron chi connectivity index (χ2n) is 3.90. The van der Waals surface area contributed by atoms with Crippen LogP contribution < -0.4 is 5.73 Å². The highest BCUT2D eigenvalue weighted by Crippen LogP contribution is 2.22. The van der Waals surface area contributed by atoms with Gasteiger partial charge in [0, 0.05) is 5.39 Å². The summed E-state index contributed by atoms with van der Waals surface area (Å²) >= 11 is 0. The Labute approximate surface area is 97.1 Å². The highest BCUT2D eigenvalue weighted by molar-refractivity contribution is 5.78. The first kappa shape index (κ1) is 11.6. The Kier molecular flexibility index (Phi) is 3.08. The molecule has 1 amide bonds. The average Bonchev–Trinajstić information content (AvgIpc) is 2.73. The van der Waals surface area contributed by atoms with Crippen molar-refractivity contribution in [2.75, 3.05) is 0 Å². The maximum Gasteiger partial charge on any atom is 0.220 e. The first-order valence-electron chi connectivity index (χ1n) is 5.15. The van der Waals surface area contributed by atoms with Crippen molar-refractivity contribution in [3.8, 4) is 0 Å². The van der Waals surface area contributed by atoms with Crippen molar-refractivity contribution in [2.24, 2.45) is 5.73 Å². The van der Waals surface area contributed by atoms with Gasteiger partial charge in [-0.15, -0.1) is 0 Å². The molecule has 0 bridgehead atoms. The van der Waals surface area contributed by atoms with Crippen molar-refractivity contribution in [3.63, 3.8) is 0 Å². The minimum atomic E-state index is -1.20. The third-order valence-electron chi connectivity index (χ3n) is 2.58. The SMILES string of the molecule is NC(=O)CC(O)C(O)c1ccc2[nH]ncc2c1. The summed E-state index contributed by atoms with van der Waals surface area (Å²) in [5.41, 5.74) is 6.32. The molecular formula is C11H13N3O3. The van der Waals surface area contributed by atoms with E-state index in [4.69, 9.17) is 5.73 Å². The van der Waals surface area contributed by atoms with E-state index in [-0.39, 0.29) is 6.42 Å². The lowest BCUT2D eigenvalue weighted by molar-refractivity contribution is -0.121. The molecular weight excluding hydrogens is 222 g/mol. The first-order chi connectivity index (χ1) is 8.08. The van der Waals surface area contributed by atoms with Gasteiger partial charge in [-0.05, 0) is 17.7 Å². The first-order valence-corrected chi connectivity index (χ1v) is 5.15. The van der Waals surface area contributed by atoms with Crippen LogP contribution >= 0.6 is 0 Å². The van der Waals surface area contributed by atoms with E-state index in [1.54, 1.807) is 24.4 Å². The van der Waals surface area contributed by atoms with Crippen molar-refractivity contribution < 1.29 is 15.0 Å². The Hall–Kier alpha value is -1.92. The molecule has 2 unspecified atom stereocenters. The summed E-state index contributed by atoms with van der Waals surface area (Å²) in [6, 6.07) is 5.11. The lowest BCUT2D eigenvalue weighted by Gasteiger charge is -2.16. The molecule has 0 spiro atoms. The normalized spacial score (nSPS) is 14.7. The third-order valence-corrected chi connectivity index (χ3v) is 2.58. The van der Waals surface area contributed by atoms with Crippen LogP contribution in [0.4, 0.5) is 0 Å². The number of amides is 1. The van der Waals surface area contributed by atoms with E-state index in [0.717, 1.165) is 10.9 Å². The van der Waals surface area contributed by atoms with Crippen molar-refractivity contribution in [1.29, 1.82) is 0 Å². The molecule has 6 nitrogen and oxygen atoms in total. The van der Waals surface area contributed by atoms with Gasteiger partial charge in [0.1, 0.15) is 6.10 Å². The van der Waals surface area contributed by atoms with Gasteiger partial charge in [-0.2, -0.15) is 5.10 Å². The van der Waals surface area contributed by atoms with Gasteiger partial charge >= 0.3 is 0 Å². The van der Waals surface area contributed by atoms with Gasteiger partial charge in [0.2, 0.25) is 5.91 Å². The number of carbonyl (C=O) groups is 1. The smallest absolute Gasteiger partial charge is 0.220 e. The maximum atomic E-state index is 10.7. The highest BCUT2D eigenvalue weighted by Gasteiger charge is 2.20. The summed E-state index contributed by atoms with van der Waals surface area (Å²) in [6.07, 6.45) is -0.991. The van der Waals surface area contributed by atoms with Crippen molar-refractivity contribution in [3.05, 3.63) is 30.0 Å². The summed E-state index contributed by atoms with van der Waals surface area (Å²) < 4.78 is 0. The number of aromatic nitrogens is 2. The van der Waals surface area contributed by atoms with Crippen molar-refractivity contribution >= 4 is 16.8 Å². The van der Waals surface area contributed by atoms with Crippen LogP contribution in [-0.2, 0) is 4.79 Å². The monoisotopic (exact) mass is 235 g/mol. The molecule has 1 heterocycles. The Balaban J connectivity index is 2.23. The molecule has 0 saturated heterocycles. The summed E-state index contributed by atoms with van der Waals surface area (Å²) in [7, 11) is 0. The van der Waals surface area contributed by atoms with Crippen LogP contribution in [0.25, 0.3) is 10.9 Å². The minimum Gasteiger partial charge on any atom is -0.390 e. The molecule has 0 aliphatic rings. The van der Waals surface area contributed by atoms with Crippen molar-refractivity contribution in [1.82, 2.24) is 10.2 Å². The summed E-state index contributed by atoms with van der Waals surface area (Å²) in [6.45, 7) is 0. The van der Waals surface area contributed by atoms with E-state index in [2.05, 4.69) is 10.2 Å². The Morgan fingerprint density at radius 2 is 2.24 bits per heavy atom. The molecule has 5 N–H and O–H groups in total. The van der Waals surface area contributed by atoms with E-state index >= 15 is 0 Å². The zero-order valence-corrected chi connectivity index (χ0v) is 9.00. The number of aliphatic hydroxyl groups excluding tert-OH is 2. The van der Waals surface area contributed by atoms with Gasteiger partial charge in [-0.3, -0.25) is 9.89 Å². The number of carbonyl (C=O) groups excluding carboxylic acids is 1. The lowest BCUT2D eigenvalue weighted by Crippen LogP contribution is -2.25. The molecule has 1 aromatic carbocycles. The molecule has 2 atom stereocenters. The second kappa shape index (κ2) is 4.52. The topological polar surface area (TPSA) is 112 Å². The molecule has 2 rings (SSSR count). The number of nitrogens with one attached hydrogen (secondary N) is 1. The van der Waals surface area contributed by atoms with Crippen LogP contribution in [0.5, 0.6) is 0 Å². The van der Waals surface area contributed by atoms with Crippen LogP contribution in [0.15, 0.2) is 24.4 Å². The molecule has 0 saturated carbocycles. The van der Waals surface area contributed by atoms with Crippen LogP contribution in [0, 0.1) is 0 Å². The molecule has 0 aliphatic carbocycles. The van der Waals surface area contributed by atoms with Crippen LogP contribution in [0.1, 0.15) is 18.1 Å². The zero-order valence-electron chi connectivity index (χ0n) is 9.00. The molecule has 6 heteroatoms. The van der Waals surface area contributed by atoms with E-state index in [1.165, 1.54) is 0 Å². The number of H-pyrrole nitrogens is 1. The predicted molar refractivity (Wildman–Crippen MR) is 60.9 cm³/mol. The lowest BCUT2D eigenvalue weighted by atomic mass is 10.0. The largest absolute Gasteiger partial charge is 0.390 e. The van der Waals surface area contributed by atoms with E-state index in [9.17, 15) is 15.0 Å². The summed E-state index contributed by atoms with van der Waals surface area (Å²) in [4.78, 5) is 10.7. The standard InChI is InChI=1S/C11H13N3O3/c12-10(16)4-9(15)11(17)6-1-2-8-7(3-6)5-13-14-8/h1-3,5,9,11,15,17H,4H2,(H2,12,16)(H,13,14). The third kappa shape index (κ3) is 2.43. The van der Waals surface area contributed by atoms with Crippen LogP contribution in [0.2, 0.25) is 0 Å². The second-order valence-corrected chi connectivity index (χ2v) is 3.90. The van der Waals surface area contributed by atoms with Gasteiger partial charge in [0.25, 0.3) is 0 Å². The molecule has 0 fully saturated rings. The van der Waals surface area contributed by atoms with E-state index < -0.39 is 18.1 Å². The van der Waals surface area contributed by atoms with Gasteiger partial charge in [0.15, 0.2) is 0 Å². The van der Waals surface area contributed by atoms with Crippen LogP contribution in [0.3, 0.4) is 0 Å². The zero-order chi connectivity index (χ0) is 12.4. The number of rotatable bonds is 4. The number of aliphatic hydroxyl groups is 2. The number of hydrogen-bond acceptors (Lipinski definition) is 4. The molecule has 90 valence electrons. The Morgan fingerprint density at radius 1 is 1.47 bits per heavy atom. The molecule has 1 aromatic heterocycles. The summed E-state index contributed by atoms with van der Waals surface area (Å²) in [5.74, 6) is -0.652. The van der Waals surface area contributed by atoms with E-state index in [1.807, 2.05) is 0 Å². The quantitative estimate of drug-likeness (QED) is 0.589.